The Balaban J connectivity index is 1.50. The molecule has 164 valence electrons. The zero-order valence-electron chi connectivity index (χ0n) is 18.5. The molecule has 6 nitrogen and oxygen atoms in total. The number of imidazole rings is 1. The molecule has 32 heavy (non-hydrogen) atoms. The van der Waals surface area contributed by atoms with Crippen LogP contribution in [0.25, 0.3) is 21.1 Å². The normalized spacial score (nSPS) is 16.2. The minimum Gasteiger partial charge on any atom is -0.342 e. The molecule has 2 aromatic carbocycles. The molecule has 0 bridgehead atoms. The number of hydrogen-bond donors (Lipinski definition) is 1. The van der Waals surface area contributed by atoms with Crippen LogP contribution >= 0.6 is 11.3 Å². The fourth-order valence-corrected chi connectivity index (χ4v) is 6.02. The second kappa shape index (κ2) is 8.06. The highest BCUT2D eigenvalue weighted by Crippen LogP contribution is 2.40. The monoisotopic (exact) mass is 446 g/mol. The van der Waals surface area contributed by atoms with Crippen LogP contribution in [-0.4, -0.2) is 39.4 Å². The molecule has 0 unspecified atom stereocenters. The first-order valence-corrected chi connectivity index (χ1v) is 11.8. The Bertz CT molecular complexity index is 1350. The molecule has 1 fully saturated rings. The molecule has 0 saturated carbocycles. The Labute approximate surface area is 190 Å². The molecule has 1 aliphatic heterocycles. The molecular weight excluding hydrogens is 420 g/mol. The van der Waals surface area contributed by atoms with E-state index in [2.05, 4.69) is 33.9 Å². The van der Waals surface area contributed by atoms with Gasteiger partial charge in [-0.25, -0.2) is 4.98 Å². The molecule has 5 rings (SSSR count). The maximum Gasteiger partial charge on any atom is 0.266 e. The Morgan fingerprint density at radius 2 is 2.03 bits per heavy atom. The van der Waals surface area contributed by atoms with E-state index in [9.17, 15) is 9.59 Å². The highest BCUT2D eigenvalue weighted by molar-refractivity contribution is 7.21. The van der Waals surface area contributed by atoms with E-state index in [-0.39, 0.29) is 17.7 Å². The third-order valence-electron chi connectivity index (χ3n) is 6.40. The van der Waals surface area contributed by atoms with Crippen LogP contribution in [0.2, 0.25) is 0 Å². The first-order valence-electron chi connectivity index (χ1n) is 11.0. The van der Waals surface area contributed by atoms with Crippen molar-refractivity contribution in [3.8, 4) is 0 Å². The molecule has 0 aliphatic carbocycles. The fraction of sp³-hybridized carbons (Fsp3) is 0.320. The predicted octanol–water partition coefficient (Wildman–Crippen LogP) is 5.17. The van der Waals surface area contributed by atoms with Gasteiger partial charge in [0.15, 0.2) is 0 Å². The van der Waals surface area contributed by atoms with E-state index >= 15 is 0 Å². The van der Waals surface area contributed by atoms with Gasteiger partial charge in [0.25, 0.3) is 5.91 Å². The lowest BCUT2D eigenvalue weighted by Crippen LogP contribution is -2.25. The molecule has 2 aromatic heterocycles. The second-order valence-corrected chi connectivity index (χ2v) is 9.40. The molecule has 3 heterocycles. The third kappa shape index (κ3) is 3.46. The second-order valence-electron chi connectivity index (χ2n) is 8.35. The summed E-state index contributed by atoms with van der Waals surface area (Å²) in [6, 6.07) is 14.0. The molecule has 0 radical (unpaired) electrons. The zero-order valence-corrected chi connectivity index (χ0v) is 19.3. The number of carbonyl (C=O) groups excluding carboxylic acids is 2. The smallest absolute Gasteiger partial charge is 0.266 e. The van der Waals surface area contributed by atoms with E-state index < -0.39 is 0 Å². The van der Waals surface area contributed by atoms with E-state index in [1.54, 1.807) is 6.92 Å². The number of fused-ring (bicyclic) bond motifs is 2. The van der Waals surface area contributed by atoms with E-state index in [1.165, 1.54) is 11.3 Å². The van der Waals surface area contributed by atoms with Crippen LogP contribution in [0, 0.1) is 6.92 Å². The van der Waals surface area contributed by atoms with Crippen LogP contribution in [0.1, 0.15) is 47.2 Å². The minimum absolute atomic E-state index is 0.0909. The number of thiophene rings is 1. The summed E-state index contributed by atoms with van der Waals surface area (Å²) in [7, 11) is 0. The van der Waals surface area contributed by atoms with Crippen molar-refractivity contribution in [3.05, 3.63) is 58.7 Å². The van der Waals surface area contributed by atoms with Crippen molar-refractivity contribution in [1.82, 2.24) is 14.5 Å². The van der Waals surface area contributed by atoms with E-state index in [1.807, 2.05) is 42.2 Å². The fourth-order valence-electron chi connectivity index (χ4n) is 4.84. The molecular formula is C25H26N4O2S. The summed E-state index contributed by atoms with van der Waals surface area (Å²) < 4.78 is 3.26. The lowest BCUT2D eigenvalue weighted by Gasteiger charge is -2.15. The molecule has 0 spiro atoms. The van der Waals surface area contributed by atoms with Crippen molar-refractivity contribution < 1.29 is 9.59 Å². The minimum atomic E-state index is -0.103. The summed E-state index contributed by atoms with van der Waals surface area (Å²) in [5, 5.41) is 4.21. The quantitative estimate of drug-likeness (QED) is 0.470. The number of carbonyl (C=O) groups is 2. The number of likely N-dealkylation sites (tertiary alicyclic amines) is 1. The SMILES string of the molecule is CCn1c(C)nc2cc(NC(=O)c3sc4ccccc4c3[C@H]3CCN(C(C)=O)C3)ccc21. The van der Waals surface area contributed by atoms with E-state index in [0.29, 0.717) is 6.54 Å². The van der Waals surface area contributed by atoms with Crippen molar-refractivity contribution in [2.24, 2.45) is 0 Å². The van der Waals surface area contributed by atoms with Crippen molar-refractivity contribution in [1.29, 1.82) is 0 Å². The number of amides is 2. The number of hydrogen-bond acceptors (Lipinski definition) is 4. The van der Waals surface area contributed by atoms with Crippen molar-refractivity contribution in [2.75, 3.05) is 18.4 Å². The molecule has 1 aliphatic rings. The molecule has 1 atom stereocenters. The highest BCUT2D eigenvalue weighted by atomic mass is 32.1. The Kier molecular flexibility index (Phi) is 5.21. The molecule has 1 N–H and O–H groups in total. The van der Waals surface area contributed by atoms with Crippen molar-refractivity contribution in [2.45, 2.75) is 39.7 Å². The largest absolute Gasteiger partial charge is 0.342 e. The lowest BCUT2D eigenvalue weighted by atomic mass is 9.95. The number of nitrogens with zero attached hydrogens (tertiary/aromatic N) is 3. The summed E-state index contributed by atoms with van der Waals surface area (Å²) >= 11 is 1.53. The summed E-state index contributed by atoms with van der Waals surface area (Å²) in [4.78, 5) is 32.6. The first-order chi connectivity index (χ1) is 15.5. The van der Waals surface area contributed by atoms with Gasteiger partial charge in [0.05, 0.1) is 15.9 Å². The number of anilines is 1. The number of nitrogens with one attached hydrogen (secondary N) is 1. The number of aromatic nitrogens is 2. The van der Waals surface area contributed by atoms with Gasteiger partial charge in [-0.1, -0.05) is 18.2 Å². The average molecular weight is 447 g/mol. The lowest BCUT2D eigenvalue weighted by molar-refractivity contribution is -0.127. The van der Waals surface area contributed by atoms with Crippen molar-refractivity contribution >= 4 is 50.0 Å². The number of rotatable bonds is 4. The van der Waals surface area contributed by atoms with Gasteiger partial charge in [0, 0.05) is 42.9 Å². The van der Waals surface area contributed by atoms with E-state index in [0.717, 1.165) is 62.6 Å². The van der Waals surface area contributed by atoms with Gasteiger partial charge in [-0.05, 0) is 55.5 Å². The van der Waals surface area contributed by atoms with Gasteiger partial charge in [-0.15, -0.1) is 11.3 Å². The predicted molar refractivity (Wildman–Crippen MR) is 130 cm³/mol. The number of aryl methyl sites for hydroxylation is 2. The van der Waals surface area contributed by atoms with Gasteiger partial charge in [-0.2, -0.15) is 0 Å². The average Bonchev–Trinajstić information content (AvgIpc) is 3.47. The Hall–Kier alpha value is -3.19. The molecule has 4 aromatic rings. The third-order valence-corrected chi connectivity index (χ3v) is 7.58. The van der Waals surface area contributed by atoms with Gasteiger partial charge >= 0.3 is 0 Å². The van der Waals surface area contributed by atoms with Crippen molar-refractivity contribution in [3.63, 3.8) is 0 Å². The molecule has 1 saturated heterocycles. The van der Waals surface area contributed by atoms with E-state index in [4.69, 9.17) is 0 Å². The molecule has 2 amide bonds. The van der Waals surface area contributed by atoms with Gasteiger partial charge < -0.3 is 14.8 Å². The number of benzene rings is 2. The van der Waals surface area contributed by atoms with Crippen LogP contribution in [0.15, 0.2) is 42.5 Å². The highest BCUT2D eigenvalue weighted by Gasteiger charge is 2.31. The first kappa shape index (κ1) is 20.7. The van der Waals surface area contributed by atoms with Gasteiger partial charge in [0.2, 0.25) is 5.91 Å². The maximum absolute atomic E-state index is 13.4. The Morgan fingerprint density at radius 1 is 1.22 bits per heavy atom. The summed E-state index contributed by atoms with van der Waals surface area (Å²) in [6.45, 7) is 7.97. The van der Waals surface area contributed by atoms with Crippen LogP contribution in [0.4, 0.5) is 5.69 Å². The molecule has 7 heteroatoms. The summed E-state index contributed by atoms with van der Waals surface area (Å²) in [5.74, 6) is 1.12. The Morgan fingerprint density at radius 3 is 2.78 bits per heavy atom. The maximum atomic E-state index is 13.4. The summed E-state index contributed by atoms with van der Waals surface area (Å²) in [6.07, 6.45) is 0.875. The standard InChI is InChI=1S/C25H26N4O2S/c1-4-29-15(2)26-20-13-18(9-10-21(20)29)27-25(31)24-23(17-11-12-28(14-17)16(3)30)19-7-5-6-8-22(19)32-24/h5-10,13,17H,4,11-12,14H2,1-3H3,(H,27,31)/t17-/m0/s1. The van der Waals surface area contributed by atoms with Gasteiger partial charge in [-0.3, -0.25) is 9.59 Å². The van der Waals surface area contributed by atoms with Gasteiger partial charge in [0.1, 0.15) is 5.82 Å². The van der Waals surface area contributed by atoms with Crippen LogP contribution < -0.4 is 5.32 Å². The topological polar surface area (TPSA) is 67.2 Å². The van der Waals surface area contributed by atoms with Crippen LogP contribution in [0.3, 0.4) is 0 Å². The zero-order chi connectivity index (χ0) is 22.4. The summed E-state index contributed by atoms with van der Waals surface area (Å²) in [5.41, 5.74) is 3.76. The van der Waals surface area contributed by atoms with Crippen LogP contribution in [0.5, 0.6) is 0 Å². The van der Waals surface area contributed by atoms with Crippen LogP contribution in [-0.2, 0) is 11.3 Å².